The van der Waals surface area contributed by atoms with Gasteiger partial charge in [-0.1, -0.05) is 71.2 Å². The molecule has 1 atom stereocenters. The molecule has 144 valence electrons. The summed E-state index contributed by atoms with van der Waals surface area (Å²) in [7, 11) is 0. The van der Waals surface area contributed by atoms with Crippen LogP contribution in [0.15, 0.2) is 66.9 Å². The maximum atomic E-state index is 12.4. The fourth-order valence-electron chi connectivity index (χ4n) is 2.50. The van der Waals surface area contributed by atoms with Gasteiger partial charge in [-0.25, -0.2) is 0 Å². The van der Waals surface area contributed by atoms with E-state index in [9.17, 15) is 4.79 Å². The lowest BCUT2D eigenvalue weighted by Crippen LogP contribution is -2.56. The average molecular weight is 454 g/mol. The molecule has 0 spiro atoms. The van der Waals surface area contributed by atoms with E-state index < -0.39 is 15.9 Å². The molecule has 0 bridgehead atoms. The third-order valence-corrected chi connectivity index (χ3v) is 4.67. The van der Waals surface area contributed by atoms with Crippen LogP contribution in [0, 0.1) is 0 Å². The smallest absolute Gasteiger partial charge is 0.252 e. The Balaban J connectivity index is 1.74. The van der Waals surface area contributed by atoms with Crippen molar-refractivity contribution in [3.63, 3.8) is 0 Å². The first-order valence-corrected chi connectivity index (χ1v) is 9.73. The van der Waals surface area contributed by atoms with Gasteiger partial charge in [0.2, 0.25) is 3.79 Å². The van der Waals surface area contributed by atoms with Crippen LogP contribution in [-0.2, 0) is 0 Å². The van der Waals surface area contributed by atoms with E-state index in [4.69, 9.17) is 47.0 Å². The van der Waals surface area contributed by atoms with Gasteiger partial charge in [0.15, 0.2) is 5.11 Å². The summed E-state index contributed by atoms with van der Waals surface area (Å²) in [6.07, 6.45) is 0.627. The maximum absolute atomic E-state index is 12.4. The van der Waals surface area contributed by atoms with E-state index in [1.165, 1.54) is 0 Å². The van der Waals surface area contributed by atoms with Crippen LogP contribution in [0.4, 0.5) is 5.69 Å². The van der Waals surface area contributed by atoms with Gasteiger partial charge in [-0.15, -0.1) is 0 Å². The van der Waals surface area contributed by atoms with Crippen LogP contribution in [0.3, 0.4) is 0 Å². The first-order chi connectivity index (χ1) is 13.3. The molecule has 0 fully saturated rings. The first-order valence-electron chi connectivity index (χ1n) is 8.18. The van der Waals surface area contributed by atoms with E-state index in [-0.39, 0.29) is 5.11 Å². The Kier molecular flexibility index (Phi) is 6.57. The van der Waals surface area contributed by atoms with Crippen LogP contribution in [0.2, 0.25) is 0 Å². The van der Waals surface area contributed by atoms with Gasteiger partial charge in [0.25, 0.3) is 5.91 Å². The highest BCUT2D eigenvalue weighted by Crippen LogP contribution is 2.29. The van der Waals surface area contributed by atoms with Crippen molar-refractivity contribution in [3.8, 4) is 0 Å². The standard InChI is InChI=1S/C19H15Cl3N4OS/c20-19(21,22)17(25-16(27)13-6-2-1-3-7-13)26-18(28)24-14-10-4-8-12-9-5-11-23-15(12)14/h1-11,17H,(H,25,27)(H2,24,26,28)/t17-/m1/s1. The highest BCUT2D eigenvalue weighted by Gasteiger charge is 2.34. The number of hydrogen-bond acceptors (Lipinski definition) is 3. The van der Waals surface area contributed by atoms with Gasteiger partial charge < -0.3 is 16.0 Å². The van der Waals surface area contributed by atoms with Gasteiger partial charge in [-0.3, -0.25) is 9.78 Å². The molecule has 0 radical (unpaired) electrons. The molecule has 0 unspecified atom stereocenters. The van der Waals surface area contributed by atoms with Crippen LogP contribution < -0.4 is 16.0 Å². The normalized spacial score (nSPS) is 12.2. The lowest BCUT2D eigenvalue weighted by molar-refractivity contribution is 0.0934. The monoisotopic (exact) mass is 452 g/mol. The van der Waals surface area contributed by atoms with Gasteiger partial charge in [0.05, 0.1) is 11.2 Å². The van der Waals surface area contributed by atoms with Gasteiger partial charge in [0, 0.05) is 17.1 Å². The third kappa shape index (κ3) is 5.23. The lowest BCUT2D eigenvalue weighted by atomic mass is 10.2. The lowest BCUT2D eigenvalue weighted by Gasteiger charge is -2.28. The molecule has 3 rings (SSSR count). The van der Waals surface area contributed by atoms with Crippen molar-refractivity contribution in [3.05, 3.63) is 72.4 Å². The number of carbonyl (C=O) groups excluding carboxylic acids is 1. The molecule has 0 saturated heterocycles. The number of halogens is 3. The van der Waals surface area contributed by atoms with Crippen LogP contribution in [-0.4, -0.2) is 26.0 Å². The fourth-order valence-corrected chi connectivity index (χ4v) is 3.05. The van der Waals surface area contributed by atoms with Crippen LogP contribution in [0.25, 0.3) is 10.9 Å². The zero-order valence-electron chi connectivity index (χ0n) is 14.3. The molecule has 0 aliphatic rings. The Labute approximate surface area is 182 Å². The second-order valence-electron chi connectivity index (χ2n) is 5.79. The first kappa shape index (κ1) is 20.6. The minimum atomic E-state index is -1.84. The van der Waals surface area contributed by atoms with Crippen molar-refractivity contribution < 1.29 is 4.79 Å². The van der Waals surface area contributed by atoms with Crippen molar-refractivity contribution in [1.29, 1.82) is 0 Å². The van der Waals surface area contributed by atoms with Gasteiger partial charge in [-0.2, -0.15) is 0 Å². The molecule has 1 aromatic heterocycles. The Morgan fingerprint density at radius 3 is 2.39 bits per heavy atom. The number of alkyl halides is 3. The highest BCUT2D eigenvalue weighted by atomic mass is 35.6. The van der Waals surface area contributed by atoms with Crippen molar-refractivity contribution in [2.24, 2.45) is 0 Å². The Morgan fingerprint density at radius 1 is 0.964 bits per heavy atom. The summed E-state index contributed by atoms with van der Waals surface area (Å²) in [6.45, 7) is 0. The molecule has 5 nitrogen and oxygen atoms in total. The summed E-state index contributed by atoms with van der Waals surface area (Å²) in [6, 6.07) is 18.0. The summed E-state index contributed by atoms with van der Waals surface area (Å²) in [5.74, 6) is -0.404. The fraction of sp³-hybridized carbons (Fsp3) is 0.105. The van der Waals surface area contributed by atoms with E-state index >= 15 is 0 Å². The molecular weight excluding hydrogens is 439 g/mol. The highest BCUT2D eigenvalue weighted by molar-refractivity contribution is 7.80. The van der Waals surface area contributed by atoms with Crippen molar-refractivity contribution in [2.45, 2.75) is 9.96 Å². The molecule has 9 heteroatoms. The minimum Gasteiger partial charge on any atom is -0.339 e. The molecule has 28 heavy (non-hydrogen) atoms. The molecular formula is C19H15Cl3N4OS. The van der Waals surface area contributed by atoms with Gasteiger partial charge >= 0.3 is 0 Å². The molecule has 0 aliphatic carbocycles. The van der Waals surface area contributed by atoms with E-state index in [1.807, 2.05) is 30.3 Å². The number of benzene rings is 2. The summed E-state index contributed by atoms with van der Waals surface area (Å²) in [4.78, 5) is 16.8. The van der Waals surface area contributed by atoms with Crippen molar-refractivity contribution >= 4 is 74.6 Å². The number of fused-ring (bicyclic) bond motifs is 1. The largest absolute Gasteiger partial charge is 0.339 e. The summed E-state index contributed by atoms with van der Waals surface area (Å²) in [5, 5.41) is 9.62. The van der Waals surface area contributed by atoms with E-state index in [0.29, 0.717) is 11.3 Å². The van der Waals surface area contributed by atoms with Gasteiger partial charge in [0.1, 0.15) is 6.17 Å². The zero-order valence-corrected chi connectivity index (χ0v) is 17.4. The van der Waals surface area contributed by atoms with Crippen LogP contribution in [0.5, 0.6) is 0 Å². The Bertz CT molecular complexity index is 990. The van der Waals surface area contributed by atoms with E-state index in [2.05, 4.69) is 20.9 Å². The SMILES string of the molecule is O=C(N[C@H](NC(=S)Nc1cccc2cccnc12)C(Cl)(Cl)Cl)c1ccccc1. The number of rotatable bonds is 4. The van der Waals surface area contributed by atoms with Crippen molar-refractivity contribution in [1.82, 2.24) is 15.6 Å². The third-order valence-electron chi connectivity index (χ3n) is 3.80. The predicted molar refractivity (Wildman–Crippen MR) is 119 cm³/mol. The zero-order chi connectivity index (χ0) is 20.1. The minimum absolute atomic E-state index is 0.169. The number of nitrogens with one attached hydrogen (secondary N) is 3. The topological polar surface area (TPSA) is 66.1 Å². The number of amides is 1. The summed E-state index contributed by atoms with van der Waals surface area (Å²) in [5.41, 5.74) is 1.86. The van der Waals surface area contributed by atoms with Crippen molar-refractivity contribution in [2.75, 3.05) is 5.32 Å². The summed E-state index contributed by atoms with van der Waals surface area (Å²) < 4.78 is -1.84. The molecule has 3 N–H and O–H groups in total. The number of thiocarbonyl (C=S) groups is 1. The average Bonchev–Trinajstić information content (AvgIpc) is 2.67. The predicted octanol–water partition coefficient (Wildman–Crippen LogP) is 4.65. The second-order valence-corrected chi connectivity index (χ2v) is 8.57. The van der Waals surface area contributed by atoms with Gasteiger partial charge in [-0.05, 0) is 36.5 Å². The Hall–Kier alpha value is -2.12. The molecule has 0 saturated carbocycles. The molecule has 1 amide bonds. The van der Waals surface area contributed by atoms with Crippen LogP contribution >= 0.6 is 47.0 Å². The maximum Gasteiger partial charge on any atom is 0.252 e. The number of aromatic nitrogens is 1. The number of para-hydroxylation sites is 1. The van der Waals surface area contributed by atoms with Crippen LogP contribution in [0.1, 0.15) is 10.4 Å². The number of anilines is 1. The molecule has 0 aliphatic heterocycles. The number of pyridine rings is 1. The Morgan fingerprint density at radius 2 is 1.68 bits per heavy atom. The quantitative estimate of drug-likeness (QED) is 0.305. The van der Waals surface area contributed by atoms with E-state index in [1.54, 1.807) is 36.5 Å². The second kappa shape index (κ2) is 8.92. The van der Waals surface area contributed by atoms with E-state index in [0.717, 1.165) is 10.9 Å². The number of carbonyl (C=O) groups is 1. The summed E-state index contributed by atoms with van der Waals surface area (Å²) >= 11 is 23.4. The molecule has 3 aromatic rings. The number of nitrogens with zero attached hydrogens (tertiary/aromatic N) is 1. The molecule has 1 heterocycles. The number of hydrogen-bond donors (Lipinski definition) is 3. The molecule has 2 aromatic carbocycles.